The molecule has 1 atom stereocenters. The van der Waals surface area contributed by atoms with Crippen LogP contribution in [-0.2, 0) is 17.1 Å². The molecule has 1 N–H and O–H groups in total. The molecular weight excluding hydrogens is 460 g/mol. The van der Waals surface area contributed by atoms with Crippen LogP contribution in [0, 0.1) is 5.92 Å². The van der Waals surface area contributed by atoms with E-state index in [9.17, 15) is 13.2 Å². The molecule has 1 aliphatic heterocycles. The van der Waals surface area contributed by atoms with Crippen LogP contribution in [0.15, 0.2) is 42.5 Å². The van der Waals surface area contributed by atoms with Crippen molar-refractivity contribution in [3.63, 3.8) is 0 Å². The number of carbonyl (C=O) groups excluding carboxylic acids is 1. The molecule has 0 saturated carbocycles. The van der Waals surface area contributed by atoms with E-state index in [4.69, 9.17) is 16.6 Å². The lowest BCUT2D eigenvalue weighted by molar-refractivity contribution is 0.0929. The SMILES string of the molecule is CC(C)CC(NC(=O)c1ccc(N2CCCCS2(=O)=O)cc1Cl)c1nc2ccccc2n1C. The second-order valence-corrected chi connectivity index (χ2v) is 11.4. The van der Waals surface area contributed by atoms with E-state index in [2.05, 4.69) is 19.2 Å². The number of imidazole rings is 1. The predicted octanol–water partition coefficient (Wildman–Crippen LogP) is 4.67. The molecule has 0 radical (unpaired) electrons. The number of fused-ring (bicyclic) bond motifs is 1. The van der Waals surface area contributed by atoms with E-state index in [0.717, 1.165) is 23.3 Å². The number of para-hydroxylation sites is 2. The Morgan fingerprint density at radius 3 is 2.61 bits per heavy atom. The van der Waals surface area contributed by atoms with Gasteiger partial charge in [-0.15, -0.1) is 0 Å². The Bertz CT molecular complexity index is 1290. The highest BCUT2D eigenvalue weighted by molar-refractivity contribution is 7.92. The average molecular weight is 489 g/mol. The van der Waals surface area contributed by atoms with Gasteiger partial charge in [-0.1, -0.05) is 37.6 Å². The third-order valence-electron chi connectivity index (χ3n) is 5.98. The normalized spacial score (nSPS) is 16.8. The predicted molar refractivity (Wildman–Crippen MR) is 132 cm³/mol. The second kappa shape index (κ2) is 9.35. The zero-order chi connectivity index (χ0) is 23.8. The molecule has 1 aromatic heterocycles. The Labute approximate surface area is 199 Å². The number of rotatable bonds is 6. The zero-order valence-electron chi connectivity index (χ0n) is 19.1. The maximum atomic E-state index is 13.2. The van der Waals surface area contributed by atoms with Crippen molar-refractivity contribution in [1.82, 2.24) is 14.9 Å². The molecule has 1 aliphatic rings. The van der Waals surface area contributed by atoms with Crippen LogP contribution in [0.25, 0.3) is 11.0 Å². The number of nitrogens with zero attached hydrogens (tertiary/aromatic N) is 3. The van der Waals surface area contributed by atoms with Gasteiger partial charge < -0.3 is 9.88 Å². The van der Waals surface area contributed by atoms with Gasteiger partial charge in [0.25, 0.3) is 5.91 Å². The number of nitrogens with one attached hydrogen (secondary N) is 1. The summed E-state index contributed by atoms with van der Waals surface area (Å²) < 4.78 is 28.2. The Morgan fingerprint density at radius 1 is 1.18 bits per heavy atom. The number of amides is 1. The number of hydrogen-bond acceptors (Lipinski definition) is 4. The average Bonchev–Trinajstić information content (AvgIpc) is 3.09. The highest BCUT2D eigenvalue weighted by Gasteiger charge is 2.28. The molecule has 9 heteroatoms. The van der Waals surface area contributed by atoms with E-state index < -0.39 is 10.0 Å². The van der Waals surface area contributed by atoms with E-state index in [0.29, 0.717) is 36.6 Å². The molecule has 1 fully saturated rings. The van der Waals surface area contributed by atoms with Gasteiger partial charge in [0.1, 0.15) is 5.82 Å². The molecule has 0 bridgehead atoms. The fourth-order valence-corrected chi connectivity index (χ4v) is 6.23. The summed E-state index contributed by atoms with van der Waals surface area (Å²) in [5, 5.41) is 3.32. The molecule has 176 valence electrons. The number of anilines is 1. The van der Waals surface area contributed by atoms with Crippen LogP contribution in [0.2, 0.25) is 5.02 Å². The van der Waals surface area contributed by atoms with Crippen molar-refractivity contribution in [3.8, 4) is 0 Å². The standard InChI is InChI=1S/C24H29ClN4O3S/c1-16(2)14-21(23-26-20-8-4-5-9-22(20)28(23)3)27-24(30)18-11-10-17(15-19(18)25)29-12-6-7-13-33(29,31)32/h4-5,8-11,15-16,21H,6-7,12-14H2,1-3H3,(H,27,30). The highest BCUT2D eigenvalue weighted by atomic mass is 35.5. The smallest absolute Gasteiger partial charge is 0.253 e. The maximum Gasteiger partial charge on any atom is 0.253 e. The van der Waals surface area contributed by atoms with Crippen molar-refractivity contribution < 1.29 is 13.2 Å². The number of benzene rings is 2. The largest absolute Gasteiger partial charge is 0.342 e. The van der Waals surface area contributed by atoms with Gasteiger partial charge in [-0.2, -0.15) is 0 Å². The number of carbonyl (C=O) groups is 1. The Balaban J connectivity index is 1.61. The summed E-state index contributed by atoms with van der Waals surface area (Å²) in [6.07, 6.45) is 2.17. The van der Waals surface area contributed by atoms with Gasteiger partial charge in [-0.3, -0.25) is 9.10 Å². The second-order valence-electron chi connectivity index (χ2n) is 8.93. The minimum Gasteiger partial charge on any atom is -0.342 e. The van der Waals surface area contributed by atoms with E-state index in [1.807, 2.05) is 35.9 Å². The number of hydrogen-bond donors (Lipinski definition) is 1. The first-order valence-corrected chi connectivity index (χ1v) is 13.2. The summed E-state index contributed by atoms with van der Waals surface area (Å²) in [6.45, 7) is 4.62. The monoisotopic (exact) mass is 488 g/mol. The third-order valence-corrected chi connectivity index (χ3v) is 8.16. The van der Waals surface area contributed by atoms with Crippen molar-refractivity contribution in [1.29, 1.82) is 0 Å². The van der Waals surface area contributed by atoms with Crippen molar-refractivity contribution >= 4 is 44.3 Å². The zero-order valence-corrected chi connectivity index (χ0v) is 20.7. The lowest BCUT2D eigenvalue weighted by Crippen LogP contribution is -2.38. The molecule has 1 unspecified atom stereocenters. The van der Waals surface area contributed by atoms with Gasteiger partial charge in [-0.25, -0.2) is 13.4 Å². The summed E-state index contributed by atoms with van der Waals surface area (Å²) in [7, 11) is -1.40. The van der Waals surface area contributed by atoms with Gasteiger partial charge in [0.15, 0.2) is 0 Å². The van der Waals surface area contributed by atoms with Crippen LogP contribution in [-0.4, -0.2) is 36.2 Å². The molecule has 4 rings (SSSR count). The molecule has 1 saturated heterocycles. The lowest BCUT2D eigenvalue weighted by Gasteiger charge is -2.28. The first kappa shape index (κ1) is 23.6. The fourth-order valence-electron chi connectivity index (χ4n) is 4.33. The van der Waals surface area contributed by atoms with Gasteiger partial charge >= 0.3 is 0 Å². The van der Waals surface area contributed by atoms with Crippen LogP contribution >= 0.6 is 11.6 Å². The third kappa shape index (κ3) is 4.87. The van der Waals surface area contributed by atoms with Crippen LogP contribution in [0.3, 0.4) is 0 Å². The van der Waals surface area contributed by atoms with Gasteiger partial charge in [0.2, 0.25) is 10.0 Å². The van der Waals surface area contributed by atoms with Crippen molar-refractivity contribution in [3.05, 3.63) is 58.9 Å². The number of aromatic nitrogens is 2. The molecule has 3 aromatic rings. The van der Waals surface area contributed by atoms with Crippen LogP contribution < -0.4 is 9.62 Å². The first-order valence-electron chi connectivity index (χ1n) is 11.2. The first-order chi connectivity index (χ1) is 15.7. The van der Waals surface area contributed by atoms with Gasteiger partial charge in [0, 0.05) is 13.6 Å². The van der Waals surface area contributed by atoms with E-state index >= 15 is 0 Å². The Kier molecular flexibility index (Phi) is 6.68. The molecular formula is C24H29ClN4O3S. The molecule has 2 heterocycles. The molecule has 1 amide bonds. The Morgan fingerprint density at radius 2 is 1.94 bits per heavy atom. The van der Waals surface area contributed by atoms with E-state index in [1.165, 1.54) is 4.31 Å². The number of aryl methyl sites for hydroxylation is 1. The van der Waals surface area contributed by atoms with E-state index in [1.54, 1.807) is 18.2 Å². The van der Waals surface area contributed by atoms with E-state index in [-0.39, 0.29) is 22.7 Å². The summed E-state index contributed by atoms with van der Waals surface area (Å²) in [5.41, 5.74) is 2.68. The van der Waals surface area contributed by atoms with Crippen molar-refractivity contribution in [2.75, 3.05) is 16.6 Å². The van der Waals surface area contributed by atoms with Crippen LogP contribution in [0.1, 0.15) is 55.3 Å². The minimum absolute atomic E-state index is 0.127. The summed E-state index contributed by atoms with van der Waals surface area (Å²) in [6, 6.07) is 12.4. The summed E-state index contributed by atoms with van der Waals surface area (Å²) in [5.74, 6) is 0.926. The number of sulfonamides is 1. The van der Waals surface area contributed by atoms with Crippen LogP contribution in [0.5, 0.6) is 0 Å². The van der Waals surface area contributed by atoms with Crippen LogP contribution in [0.4, 0.5) is 5.69 Å². The summed E-state index contributed by atoms with van der Waals surface area (Å²) in [4.78, 5) is 18.0. The molecule has 33 heavy (non-hydrogen) atoms. The highest BCUT2D eigenvalue weighted by Crippen LogP contribution is 2.30. The molecule has 2 aromatic carbocycles. The molecule has 0 spiro atoms. The molecule has 0 aliphatic carbocycles. The molecule has 7 nitrogen and oxygen atoms in total. The van der Waals surface area contributed by atoms with Crippen molar-refractivity contribution in [2.45, 2.75) is 39.2 Å². The maximum absolute atomic E-state index is 13.2. The topological polar surface area (TPSA) is 84.3 Å². The van der Waals surface area contributed by atoms with Crippen molar-refractivity contribution in [2.24, 2.45) is 13.0 Å². The lowest BCUT2D eigenvalue weighted by atomic mass is 10.0. The minimum atomic E-state index is -3.35. The summed E-state index contributed by atoms with van der Waals surface area (Å²) >= 11 is 6.46. The Hall–Kier alpha value is -2.58. The van der Waals surface area contributed by atoms with Gasteiger partial charge in [-0.05, 0) is 55.5 Å². The number of halogens is 1. The fraction of sp³-hybridized carbons (Fsp3) is 0.417. The van der Waals surface area contributed by atoms with Gasteiger partial charge in [0.05, 0.1) is 39.1 Å². The quantitative estimate of drug-likeness (QED) is 0.546.